The topological polar surface area (TPSA) is 78.3 Å². The molecule has 1 atom stereocenters. The number of halogens is 2. The number of benzene rings is 2. The number of nitrogens with two attached hydrogens (primary N) is 1. The normalized spacial score (nSPS) is 16.2. The molecule has 4 aromatic rings. The van der Waals surface area contributed by atoms with Crippen LogP contribution in [0.15, 0.2) is 47.3 Å². The molecule has 1 aliphatic heterocycles. The van der Waals surface area contributed by atoms with E-state index < -0.39 is 0 Å². The molecular weight excluding hydrogens is 461 g/mol. The van der Waals surface area contributed by atoms with Crippen LogP contribution >= 0.6 is 24.0 Å². The highest BCUT2D eigenvalue weighted by Gasteiger charge is 2.26. The molecule has 0 aliphatic carbocycles. The highest BCUT2D eigenvalue weighted by Crippen LogP contribution is 2.31. The van der Waals surface area contributed by atoms with Crippen molar-refractivity contribution in [2.45, 2.75) is 25.4 Å². The lowest BCUT2D eigenvalue weighted by atomic mass is 10.1. The van der Waals surface area contributed by atoms with Crippen LogP contribution < -0.4 is 20.9 Å². The zero-order valence-electron chi connectivity index (χ0n) is 18.6. The standard InChI is InChI=1S/C24H26ClN5O2.ClH/c1-28-20-10-9-17(32-2)12-18(20)21-22(23(28)31)30(13-15-6-3-4-8-19(15)25)24(27-21)29-11-5-7-16(26)14-29;/h3-4,6,8-10,12,16H,5,7,11,13-14,26H2,1-2H3;1H/t16-;/m1./s1. The van der Waals surface area contributed by atoms with Gasteiger partial charge in [0.1, 0.15) is 16.8 Å². The molecule has 2 aromatic heterocycles. The number of hydrogen-bond acceptors (Lipinski definition) is 5. The molecule has 2 N–H and O–H groups in total. The molecule has 3 heterocycles. The first-order valence-corrected chi connectivity index (χ1v) is 11.2. The first kappa shape index (κ1) is 23.4. The van der Waals surface area contributed by atoms with Crippen LogP contribution in [0.1, 0.15) is 18.4 Å². The van der Waals surface area contributed by atoms with Gasteiger partial charge in [0.05, 0.1) is 19.2 Å². The van der Waals surface area contributed by atoms with Gasteiger partial charge in [0.2, 0.25) is 5.95 Å². The lowest BCUT2D eigenvalue weighted by molar-refractivity contribution is 0.415. The van der Waals surface area contributed by atoms with E-state index in [0.29, 0.717) is 29.1 Å². The molecule has 1 saturated heterocycles. The fraction of sp³-hybridized carbons (Fsp3) is 0.333. The number of piperidine rings is 1. The Kier molecular flexibility index (Phi) is 6.56. The van der Waals surface area contributed by atoms with Gasteiger partial charge >= 0.3 is 0 Å². The third-order valence-electron chi connectivity index (χ3n) is 6.30. The van der Waals surface area contributed by atoms with E-state index in [2.05, 4.69) is 4.90 Å². The van der Waals surface area contributed by atoms with E-state index in [1.54, 1.807) is 18.7 Å². The number of anilines is 1. The van der Waals surface area contributed by atoms with E-state index in [0.717, 1.165) is 47.6 Å². The van der Waals surface area contributed by atoms with Crippen LogP contribution in [-0.4, -0.2) is 40.4 Å². The maximum atomic E-state index is 13.5. The Bertz CT molecular complexity index is 1380. The quantitative estimate of drug-likeness (QED) is 0.471. The molecule has 9 heteroatoms. The van der Waals surface area contributed by atoms with Crippen molar-refractivity contribution in [3.8, 4) is 5.75 Å². The van der Waals surface area contributed by atoms with Crippen LogP contribution in [0, 0.1) is 0 Å². The summed E-state index contributed by atoms with van der Waals surface area (Å²) in [6.45, 7) is 2.00. The molecule has 1 aliphatic rings. The Morgan fingerprint density at radius 3 is 2.76 bits per heavy atom. The van der Waals surface area contributed by atoms with E-state index in [1.807, 2.05) is 47.0 Å². The summed E-state index contributed by atoms with van der Waals surface area (Å²) in [7, 11) is 3.43. The number of rotatable bonds is 4. The van der Waals surface area contributed by atoms with Crippen molar-refractivity contribution >= 4 is 51.9 Å². The number of methoxy groups -OCH3 is 1. The summed E-state index contributed by atoms with van der Waals surface area (Å²) in [5, 5.41) is 1.54. The van der Waals surface area contributed by atoms with E-state index in [4.69, 9.17) is 27.1 Å². The largest absolute Gasteiger partial charge is 0.497 e. The molecule has 0 bridgehead atoms. The average Bonchev–Trinajstić information content (AvgIpc) is 3.18. The predicted octanol–water partition coefficient (Wildman–Crippen LogP) is 3.95. The van der Waals surface area contributed by atoms with Crippen LogP contribution in [0.5, 0.6) is 5.75 Å². The minimum absolute atomic E-state index is 0. The second-order valence-corrected chi connectivity index (χ2v) is 8.79. The second-order valence-electron chi connectivity index (χ2n) is 8.38. The van der Waals surface area contributed by atoms with Crippen LogP contribution in [-0.2, 0) is 13.6 Å². The Hall–Kier alpha value is -2.74. The first-order chi connectivity index (χ1) is 15.5. The van der Waals surface area contributed by atoms with Gasteiger partial charge in [0.15, 0.2) is 0 Å². The summed E-state index contributed by atoms with van der Waals surface area (Å²) in [4.78, 5) is 20.8. The molecule has 0 radical (unpaired) electrons. The number of nitrogens with zero attached hydrogens (tertiary/aromatic N) is 4. The van der Waals surface area contributed by atoms with Crippen molar-refractivity contribution in [3.05, 3.63) is 63.4 Å². The van der Waals surface area contributed by atoms with Gasteiger partial charge in [-0.3, -0.25) is 4.79 Å². The van der Waals surface area contributed by atoms with Crippen molar-refractivity contribution in [2.24, 2.45) is 12.8 Å². The van der Waals surface area contributed by atoms with Gasteiger partial charge in [-0.05, 0) is 42.7 Å². The first-order valence-electron chi connectivity index (χ1n) is 10.8. The number of imidazole rings is 1. The SMILES string of the molecule is COc1ccc2c(c1)c1nc(N3CCC[C@@H](N)C3)n(Cc3ccccc3Cl)c1c(=O)n2C.Cl. The molecule has 33 heavy (non-hydrogen) atoms. The molecule has 1 fully saturated rings. The van der Waals surface area contributed by atoms with Gasteiger partial charge in [0.25, 0.3) is 5.56 Å². The third-order valence-corrected chi connectivity index (χ3v) is 6.67. The smallest absolute Gasteiger partial charge is 0.277 e. The van der Waals surface area contributed by atoms with Crippen LogP contribution in [0.2, 0.25) is 5.02 Å². The van der Waals surface area contributed by atoms with Gasteiger partial charge in [-0.2, -0.15) is 0 Å². The minimum Gasteiger partial charge on any atom is -0.497 e. The highest BCUT2D eigenvalue weighted by atomic mass is 35.5. The summed E-state index contributed by atoms with van der Waals surface area (Å²) in [5.74, 6) is 1.47. The van der Waals surface area contributed by atoms with Gasteiger partial charge in [-0.15, -0.1) is 12.4 Å². The number of hydrogen-bond donors (Lipinski definition) is 1. The molecule has 0 spiro atoms. The van der Waals surface area contributed by atoms with Crippen LogP contribution in [0.3, 0.4) is 0 Å². The molecule has 0 amide bonds. The van der Waals surface area contributed by atoms with E-state index in [-0.39, 0.29) is 24.0 Å². The molecular formula is C24H27Cl2N5O2. The zero-order valence-corrected chi connectivity index (χ0v) is 20.2. The Labute approximate surface area is 203 Å². The van der Waals surface area contributed by atoms with Gasteiger partial charge in [-0.25, -0.2) is 4.98 Å². The number of aromatic nitrogens is 3. The predicted molar refractivity (Wildman–Crippen MR) is 136 cm³/mol. The molecule has 0 unspecified atom stereocenters. The summed E-state index contributed by atoms with van der Waals surface area (Å²) in [6.07, 6.45) is 1.98. The summed E-state index contributed by atoms with van der Waals surface area (Å²) in [5.41, 5.74) is 9.16. The molecule has 7 nitrogen and oxygen atoms in total. The lowest BCUT2D eigenvalue weighted by Crippen LogP contribution is -2.44. The number of pyridine rings is 1. The molecule has 2 aromatic carbocycles. The third kappa shape index (κ3) is 4.05. The number of aryl methyl sites for hydroxylation is 1. The van der Waals surface area contributed by atoms with Gasteiger partial charge in [-0.1, -0.05) is 29.8 Å². The Morgan fingerprint density at radius 1 is 1.24 bits per heavy atom. The van der Waals surface area contributed by atoms with Crippen molar-refractivity contribution in [3.63, 3.8) is 0 Å². The van der Waals surface area contributed by atoms with Crippen molar-refractivity contribution in [2.75, 3.05) is 25.1 Å². The van der Waals surface area contributed by atoms with Crippen LogP contribution in [0.4, 0.5) is 5.95 Å². The maximum absolute atomic E-state index is 13.5. The van der Waals surface area contributed by atoms with E-state index in [1.165, 1.54) is 0 Å². The molecule has 0 saturated carbocycles. The minimum atomic E-state index is -0.0928. The maximum Gasteiger partial charge on any atom is 0.277 e. The van der Waals surface area contributed by atoms with E-state index in [9.17, 15) is 4.79 Å². The van der Waals surface area contributed by atoms with Crippen molar-refractivity contribution < 1.29 is 4.74 Å². The zero-order chi connectivity index (χ0) is 22.4. The second kappa shape index (κ2) is 9.25. The monoisotopic (exact) mass is 487 g/mol. The fourth-order valence-corrected chi connectivity index (χ4v) is 4.81. The van der Waals surface area contributed by atoms with Gasteiger partial charge < -0.3 is 24.5 Å². The molecule has 174 valence electrons. The Morgan fingerprint density at radius 2 is 2.03 bits per heavy atom. The lowest BCUT2D eigenvalue weighted by Gasteiger charge is -2.32. The average molecular weight is 488 g/mol. The number of fused-ring (bicyclic) bond motifs is 3. The highest BCUT2D eigenvalue weighted by molar-refractivity contribution is 6.31. The summed E-state index contributed by atoms with van der Waals surface area (Å²) in [6, 6.07) is 13.5. The fourth-order valence-electron chi connectivity index (χ4n) is 4.62. The van der Waals surface area contributed by atoms with Crippen molar-refractivity contribution in [1.82, 2.24) is 14.1 Å². The summed E-state index contributed by atoms with van der Waals surface area (Å²) >= 11 is 6.49. The van der Waals surface area contributed by atoms with Gasteiger partial charge in [0, 0.05) is 36.6 Å². The summed E-state index contributed by atoms with van der Waals surface area (Å²) < 4.78 is 9.12. The van der Waals surface area contributed by atoms with Crippen LogP contribution in [0.25, 0.3) is 21.9 Å². The number of ether oxygens (including phenoxy) is 1. The Balaban J connectivity index is 0.00000259. The van der Waals surface area contributed by atoms with Crippen molar-refractivity contribution in [1.29, 1.82) is 0 Å². The van der Waals surface area contributed by atoms with E-state index >= 15 is 0 Å². The molecule has 5 rings (SSSR count).